The van der Waals surface area contributed by atoms with Crippen molar-refractivity contribution in [3.63, 3.8) is 0 Å². The van der Waals surface area contributed by atoms with Crippen LogP contribution < -0.4 is 11.1 Å². The molecule has 3 N–H and O–H groups in total. The van der Waals surface area contributed by atoms with Crippen molar-refractivity contribution in [3.05, 3.63) is 34.9 Å². The average molecular weight is 267 g/mol. The molecule has 1 aromatic carbocycles. The topological polar surface area (TPSA) is 55.1 Å². The summed E-state index contributed by atoms with van der Waals surface area (Å²) < 4.78 is 0. The molecule has 3 nitrogen and oxygen atoms in total. The van der Waals surface area contributed by atoms with Crippen molar-refractivity contribution in [2.24, 2.45) is 11.1 Å². The summed E-state index contributed by atoms with van der Waals surface area (Å²) in [5.74, 6) is 0.102. The van der Waals surface area contributed by atoms with E-state index in [-0.39, 0.29) is 11.3 Å². The summed E-state index contributed by atoms with van der Waals surface area (Å²) in [5.41, 5.74) is 7.01. The number of hydrogen-bond acceptors (Lipinski definition) is 2. The molecule has 1 saturated carbocycles. The van der Waals surface area contributed by atoms with Crippen LogP contribution in [-0.4, -0.2) is 19.0 Å². The summed E-state index contributed by atoms with van der Waals surface area (Å²) >= 11 is 5.81. The largest absolute Gasteiger partial charge is 0.355 e. The minimum absolute atomic E-state index is 0.102. The molecule has 0 radical (unpaired) electrons. The zero-order valence-electron chi connectivity index (χ0n) is 10.4. The van der Waals surface area contributed by atoms with Crippen molar-refractivity contribution in [2.45, 2.75) is 25.7 Å². The molecule has 0 aliphatic heterocycles. The van der Waals surface area contributed by atoms with Crippen LogP contribution in [0.25, 0.3) is 0 Å². The lowest BCUT2D eigenvalue weighted by molar-refractivity contribution is -0.121. The summed E-state index contributed by atoms with van der Waals surface area (Å²) in [6.45, 7) is 1.40. The molecular weight excluding hydrogens is 248 g/mol. The molecule has 1 aliphatic rings. The quantitative estimate of drug-likeness (QED) is 0.829. The standard InChI is InChI=1S/C14H19ClN2O/c15-12-4-1-11(2-5-12)3-6-13(18)17-10-14(9-16)7-8-14/h1-2,4-5H,3,6-10,16H2,(H,17,18). The Morgan fingerprint density at radius 2 is 2.00 bits per heavy atom. The molecule has 1 aromatic rings. The number of hydrogen-bond donors (Lipinski definition) is 2. The highest BCUT2D eigenvalue weighted by Crippen LogP contribution is 2.43. The predicted octanol–water partition coefficient (Wildman–Crippen LogP) is 2.13. The minimum atomic E-state index is 0.102. The normalized spacial score (nSPS) is 16.3. The Bertz CT molecular complexity index is 412. The number of carbonyl (C=O) groups excluding carboxylic acids is 1. The van der Waals surface area contributed by atoms with Crippen molar-refractivity contribution in [3.8, 4) is 0 Å². The lowest BCUT2D eigenvalue weighted by Crippen LogP contribution is -2.33. The van der Waals surface area contributed by atoms with Crippen LogP contribution >= 0.6 is 11.6 Å². The van der Waals surface area contributed by atoms with Gasteiger partial charge in [-0.15, -0.1) is 0 Å². The number of rotatable bonds is 6. The van der Waals surface area contributed by atoms with Crippen molar-refractivity contribution >= 4 is 17.5 Å². The first-order valence-corrected chi connectivity index (χ1v) is 6.73. The first-order valence-electron chi connectivity index (χ1n) is 6.35. The molecule has 0 unspecified atom stereocenters. The third kappa shape index (κ3) is 3.72. The van der Waals surface area contributed by atoms with Gasteiger partial charge in [0.05, 0.1) is 0 Å². The van der Waals surface area contributed by atoms with Crippen molar-refractivity contribution in [2.75, 3.05) is 13.1 Å². The molecule has 4 heteroatoms. The maximum absolute atomic E-state index is 11.7. The molecule has 0 atom stereocenters. The minimum Gasteiger partial charge on any atom is -0.355 e. The number of benzene rings is 1. The van der Waals surface area contributed by atoms with E-state index in [2.05, 4.69) is 5.32 Å². The van der Waals surface area contributed by atoms with Crippen LogP contribution in [-0.2, 0) is 11.2 Å². The molecule has 98 valence electrons. The predicted molar refractivity (Wildman–Crippen MR) is 73.5 cm³/mol. The monoisotopic (exact) mass is 266 g/mol. The molecular formula is C14H19ClN2O. The second kappa shape index (κ2) is 5.72. The van der Waals surface area contributed by atoms with Gasteiger partial charge in [-0.1, -0.05) is 23.7 Å². The molecule has 2 rings (SSSR count). The Morgan fingerprint density at radius 3 is 2.56 bits per heavy atom. The SMILES string of the molecule is NCC1(CNC(=O)CCc2ccc(Cl)cc2)CC1. The zero-order valence-corrected chi connectivity index (χ0v) is 11.2. The Hall–Kier alpha value is -1.06. The maximum Gasteiger partial charge on any atom is 0.220 e. The Labute approximate surface area is 113 Å². The van der Waals surface area contributed by atoms with Gasteiger partial charge in [0, 0.05) is 18.0 Å². The highest BCUT2D eigenvalue weighted by Gasteiger charge is 2.41. The second-order valence-electron chi connectivity index (χ2n) is 5.11. The van der Waals surface area contributed by atoms with Crippen LogP contribution in [0.1, 0.15) is 24.8 Å². The lowest BCUT2D eigenvalue weighted by atomic mass is 10.1. The van der Waals surface area contributed by atoms with Gasteiger partial charge in [0.1, 0.15) is 0 Å². The van der Waals surface area contributed by atoms with Gasteiger partial charge >= 0.3 is 0 Å². The average Bonchev–Trinajstić information content (AvgIpc) is 3.16. The Balaban J connectivity index is 1.70. The van der Waals surface area contributed by atoms with E-state index >= 15 is 0 Å². The number of amides is 1. The third-order valence-electron chi connectivity index (χ3n) is 3.60. The molecule has 0 bridgehead atoms. The summed E-state index contributed by atoms with van der Waals surface area (Å²) in [4.78, 5) is 11.7. The fourth-order valence-corrected chi connectivity index (χ4v) is 2.04. The second-order valence-corrected chi connectivity index (χ2v) is 5.54. The Morgan fingerprint density at radius 1 is 1.33 bits per heavy atom. The fourth-order valence-electron chi connectivity index (χ4n) is 1.91. The molecule has 1 aliphatic carbocycles. The van der Waals surface area contributed by atoms with E-state index in [4.69, 9.17) is 17.3 Å². The molecule has 0 heterocycles. The van der Waals surface area contributed by atoms with Crippen molar-refractivity contribution in [1.29, 1.82) is 0 Å². The summed E-state index contributed by atoms with van der Waals surface area (Å²) in [6, 6.07) is 7.61. The van der Waals surface area contributed by atoms with Crippen LogP contribution in [0.2, 0.25) is 5.02 Å². The van der Waals surface area contributed by atoms with Crippen LogP contribution in [0.3, 0.4) is 0 Å². The Kier molecular flexibility index (Phi) is 4.25. The van der Waals surface area contributed by atoms with E-state index in [1.165, 1.54) is 0 Å². The molecule has 18 heavy (non-hydrogen) atoms. The van der Waals surface area contributed by atoms with Crippen LogP contribution in [0.15, 0.2) is 24.3 Å². The number of nitrogens with one attached hydrogen (secondary N) is 1. The van der Waals surface area contributed by atoms with E-state index in [0.717, 1.165) is 36.4 Å². The molecule has 1 fully saturated rings. The first-order chi connectivity index (χ1) is 8.63. The molecule has 0 aromatic heterocycles. The summed E-state index contributed by atoms with van der Waals surface area (Å²) in [6.07, 6.45) is 3.54. The van der Waals surface area contributed by atoms with Gasteiger partial charge in [0.25, 0.3) is 0 Å². The molecule has 0 saturated heterocycles. The highest BCUT2D eigenvalue weighted by atomic mass is 35.5. The number of carbonyl (C=O) groups is 1. The zero-order chi connectivity index (χ0) is 13.0. The smallest absolute Gasteiger partial charge is 0.220 e. The van der Waals surface area contributed by atoms with Gasteiger partial charge in [-0.05, 0) is 48.9 Å². The number of halogens is 1. The number of aryl methyl sites for hydroxylation is 1. The van der Waals surface area contributed by atoms with Gasteiger partial charge in [-0.3, -0.25) is 4.79 Å². The number of nitrogens with two attached hydrogens (primary N) is 1. The lowest BCUT2D eigenvalue weighted by Gasteiger charge is -2.13. The van der Waals surface area contributed by atoms with Gasteiger partial charge in [-0.2, -0.15) is 0 Å². The first kappa shape index (κ1) is 13.4. The summed E-state index contributed by atoms with van der Waals surface area (Å²) in [7, 11) is 0. The van der Waals surface area contributed by atoms with Crippen LogP contribution in [0.5, 0.6) is 0 Å². The molecule has 1 amide bonds. The van der Waals surface area contributed by atoms with Gasteiger partial charge < -0.3 is 11.1 Å². The van der Waals surface area contributed by atoms with Gasteiger partial charge in [0.15, 0.2) is 0 Å². The van der Waals surface area contributed by atoms with Crippen LogP contribution in [0, 0.1) is 5.41 Å². The maximum atomic E-state index is 11.7. The van der Waals surface area contributed by atoms with E-state index < -0.39 is 0 Å². The van der Waals surface area contributed by atoms with Crippen LogP contribution in [0.4, 0.5) is 0 Å². The van der Waals surface area contributed by atoms with Gasteiger partial charge in [0.2, 0.25) is 5.91 Å². The molecule has 0 spiro atoms. The third-order valence-corrected chi connectivity index (χ3v) is 3.86. The van der Waals surface area contributed by atoms with E-state index in [1.807, 2.05) is 24.3 Å². The van der Waals surface area contributed by atoms with Crippen molar-refractivity contribution < 1.29 is 4.79 Å². The van der Waals surface area contributed by atoms with Crippen molar-refractivity contribution in [1.82, 2.24) is 5.32 Å². The highest BCUT2D eigenvalue weighted by molar-refractivity contribution is 6.30. The van der Waals surface area contributed by atoms with E-state index in [9.17, 15) is 4.79 Å². The van der Waals surface area contributed by atoms with Gasteiger partial charge in [-0.25, -0.2) is 0 Å². The van der Waals surface area contributed by atoms with E-state index in [0.29, 0.717) is 13.0 Å². The summed E-state index contributed by atoms with van der Waals surface area (Å²) in [5, 5.41) is 3.70. The fraction of sp³-hybridized carbons (Fsp3) is 0.500. The van der Waals surface area contributed by atoms with E-state index in [1.54, 1.807) is 0 Å².